The van der Waals surface area contributed by atoms with Crippen LogP contribution < -0.4 is 16.2 Å². The van der Waals surface area contributed by atoms with Crippen molar-refractivity contribution >= 4 is 26.7 Å². The molecule has 1 aliphatic rings. The highest BCUT2D eigenvalue weighted by molar-refractivity contribution is 7.16. The largest absolute Gasteiger partial charge is 0.355 e. The van der Waals surface area contributed by atoms with Gasteiger partial charge in [0.1, 0.15) is 11.8 Å². The first-order valence-electron chi connectivity index (χ1n) is 8.61. The van der Waals surface area contributed by atoms with Crippen molar-refractivity contribution in [3.8, 4) is 0 Å². The van der Waals surface area contributed by atoms with E-state index in [1.54, 1.807) is 24.3 Å². The number of nitrogens with two attached hydrogens (primary N) is 1. The van der Waals surface area contributed by atoms with Gasteiger partial charge >= 0.3 is 0 Å². The van der Waals surface area contributed by atoms with Gasteiger partial charge in [0.15, 0.2) is 11.6 Å². The van der Waals surface area contributed by atoms with E-state index in [-0.39, 0.29) is 0 Å². The first-order valence-corrected chi connectivity index (χ1v) is 9.28. The second kappa shape index (κ2) is 8.29. The molecule has 2 aromatic rings. The van der Waals surface area contributed by atoms with Crippen molar-refractivity contribution in [3.05, 3.63) is 65.2 Å². The number of carbonyl (C=O) groups is 2. The maximum Gasteiger partial charge on any atom is 0.254 e. The monoisotopic (exact) mass is 409 g/mol. The molecule has 1 aliphatic heterocycles. The Hall–Kier alpha value is -2.44. The molecule has 1 heterocycles. The minimum Gasteiger partial charge on any atom is -0.355 e. The highest BCUT2D eigenvalue weighted by Crippen LogP contribution is 2.35. The number of nitrogens with zero attached hydrogens (tertiary/aromatic N) is 1. The predicted molar refractivity (Wildman–Crippen MR) is 102 cm³/mol. The third kappa shape index (κ3) is 3.88. The summed E-state index contributed by atoms with van der Waals surface area (Å²) in [5.41, 5.74) is 0.522. The normalized spacial score (nSPS) is 20.4. The second-order valence-corrected chi connectivity index (χ2v) is 7.10. The lowest BCUT2D eigenvalue weighted by molar-refractivity contribution is -0.136. The van der Waals surface area contributed by atoms with Crippen LogP contribution in [0.5, 0.6) is 0 Å². The Balaban J connectivity index is 1.96. The first-order chi connectivity index (χ1) is 13.3. The van der Waals surface area contributed by atoms with Crippen LogP contribution in [0, 0.1) is 17.6 Å². The molecule has 2 amide bonds. The Kier molecular flexibility index (Phi) is 6.01. The molecule has 148 valence electrons. The first kappa shape index (κ1) is 20.3. The van der Waals surface area contributed by atoms with Crippen molar-refractivity contribution in [2.75, 3.05) is 11.6 Å². The van der Waals surface area contributed by atoms with Gasteiger partial charge in [0.25, 0.3) is 5.91 Å². The van der Waals surface area contributed by atoms with Gasteiger partial charge in [-0.15, -0.1) is 0 Å². The number of amides is 2. The highest BCUT2D eigenvalue weighted by Gasteiger charge is 2.41. The van der Waals surface area contributed by atoms with Crippen molar-refractivity contribution in [1.29, 1.82) is 0 Å². The summed E-state index contributed by atoms with van der Waals surface area (Å²) in [7, 11) is 2.04. The van der Waals surface area contributed by atoms with E-state index in [0.717, 1.165) is 12.1 Å². The zero-order chi connectivity index (χ0) is 20.4. The van der Waals surface area contributed by atoms with Crippen LogP contribution in [0.1, 0.15) is 29.4 Å². The fourth-order valence-corrected chi connectivity index (χ4v) is 3.57. The summed E-state index contributed by atoms with van der Waals surface area (Å²) in [4.78, 5) is 25.4. The smallest absolute Gasteiger partial charge is 0.254 e. The molecule has 1 saturated heterocycles. The van der Waals surface area contributed by atoms with E-state index in [9.17, 15) is 22.8 Å². The average Bonchev–Trinajstić information content (AvgIpc) is 2.69. The van der Waals surface area contributed by atoms with Gasteiger partial charge in [0.2, 0.25) is 5.91 Å². The van der Waals surface area contributed by atoms with Crippen molar-refractivity contribution in [2.24, 2.45) is 11.8 Å². The number of hydrazine groups is 1. The molecular weight excluding hydrogens is 390 g/mol. The second-order valence-electron chi connectivity index (χ2n) is 6.52. The number of halogens is 3. The van der Waals surface area contributed by atoms with Gasteiger partial charge in [0.05, 0.1) is 5.69 Å². The third-order valence-electron chi connectivity index (χ3n) is 4.79. The molecule has 9 heteroatoms. The van der Waals surface area contributed by atoms with Crippen LogP contribution in [-0.4, -0.2) is 18.4 Å². The van der Waals surface area contributed by atoms with E-state index in [1.165, 1.54) is 6.07 Å². The molecule has 0 spiro atoms. The summed E-state index contributed by atoms with van der Waals surface area (Å²) in [5.74, 6) is -1.25. The standard InChI is InChI=1S/C19H19F3N3O2P/c20-13-5-2-6-14(16(13)21)25(23)19(27)15-12(7-8-24-18(15)26)10-3-1-4-11(9-10)17(22)28/h1-6,9,12,15,17H,7-8,23,28H2,(H,24,26). The summed E-state index contributed by atoms with van der Waals surface area (Å²) in [6, 6.07) is 9.78. The van der Waals surface area contributed by atoms with E-state index in [1.807, 2.05) is 9.24 Å². The summed E-state index contributed by atoms with van der Waals surface area (Å²) in [5, 5.41) is 3.05. The Morgan fingerprint density at radius 3 is 2.68 bits per heavy atom. The molecule has 0 aliphatic carbocycles. The zero-order valence-corrected chi connectivity index (χ0v) is 15.9. The van der Waals surface area contributed by atoms with E-state index >= 15 is 0 Å². The lowest BCUT2D eigenvalue weighted by atomic mass is 9.79. The molecule has 0 aromatic heterocycles. The van der Waals surface area contributed by atoms with Gasteiger partial charge in [-0.05, 0) is 29.7 Å². The van der Waals surface area contributed by atoms with Crippen LogP contribution in [-0.2, 0) is 9.59 Å². The fourth-order valence-electron chi connectivity index (χ4n) is 3.36. The third-order valence-corrected chi connectivity index (χ3v) is 5.18. The van der Waals surface area contributed by atoms with Gasteiger partial charge in [-0.2, -0.15) is 0 Å². The molecule has 0 bridgehead atoms. The molecule has 3 rings (SSSR count). The van der Waals surface area contributed by atoms with Crippen LogP contribution in [0.3, 0.4) is 0 Å². The molecule has 1 fully saturated rings. The Morgan fingerprint density at radius 2 is 1.96 bits per heavy atom. The van der Waals surface area contributed by atoms with Crippen LogP contribution in [0.4, 0.5) is 18.9 Å². The van der Waals surface area contributed by atoms with Gasteiger partial charge in [0, 0.05) is 12.5 Å². The maximum absolute atomic E-state index is 14.0. The lowest BCUT2D eigenvalue weighted by Gasteiger charge is -2.33. The molecule has 2 aromatic carbocycles. The zero-order valence-electron chi connectivity index (χ0n) is 14.7. The Bertz CT molecular complexity index is 910. The van der Waals surface area contributed by atoms with Crippen LogP contribution in [0.15, 0.2) is 42.5 Å². The van der Waals surface area contributed by atoms with Crippen LogP contribution in [0.25, 0.3) is 0 Å². The Labute approximate surface area is 162 Å². The van der Waals surface area contributed by atoms with Crippen molar-refractivity contribution < 1.29 is 22.8 Å². The number of hydrogen-bond donors (Lipinski definition) is 2. The van der Waals surface area contributed by atoms with Gasteiger partial charge in [-0.3, -0.25) is 9.59 Å². The number of alkyl halides is 1. The lowest BCUT2D eigenvalue weighted by Crippen LogP contribution is -2.52. The van der Waals surface area contributed by atoms with Gasteiger partial charge < -0.3 is 5.32 Å². The number of rotatable bonds is 4. The highest BCUT2D eigenvalue weighted by atomic mass is 31.0. The van der Waals surface area contributed by atoms with Gasteiger partial charge in [-0.1, -0.05) is 39.6 Å². The summed E-state index contributed by atoms with van der Waals surface area (Å²) in [6.07, 6.45) is 0.416. The SMILES string of the molecule is NN(C(=O)C1C(=O)NCCC1c1cccc(C(F)P)c1)c1cccc(F)c1F. The molecule has 0 saturated carbocycles. The van der Waals surface area contributed by atoms with Crippen molar-refractivity contribution in [2.45, 2.75) is 18.3 Å². The number of carbonyl (C=O) groups excluding carboxylic acids is 2. The van der Waals surface area contributed by atoms with E-state index in [2.05, 4.69) is 5.32 Å². The summed E-state index contributed by atoms with van der Waals surface area (Å²) < 4.78 is 41.2. The number of benzene rings is 2. The number of anilines is 1. The maximum atomic E-state index is 14.0. The number of nitrogens with one attached hydrogen (secondary N) is 1. The summed E-state index contributed by atoms with van der Waals surface area (Å²) >= 11 is 0. The summed E-state index contributed by atoms with van der Waals surface area (Å²) in [6.45, 7) is 0.330. The quantitative estimate of drug-likeness (QED) is 0.268. The Morgan fingerprint density at radius 1 is 1.25 bits per heavy atom. The molecule has 4 unspecified atom stereocenters. The molecule has 3 N–H and O–H groups in total. The predicted octanol–water partition coefficient (Wildman–Crippen LogP) is 2.93. The number of piperidine rings is 1. The van der Waals surface area contributed by atoms with E-state index in [0.29, 0.717) is 29.1 Å². The minimum atomic E-state index is -1.29. The van der Waals surface area contributed by atoms with Gasteiger partial charge in [-0.25, -0.2) is 24.0 Å². The fraction of sp³-hybridized carbons (Fsp3) is 0.263. The van der Waals surface area contributed by atoms with E-state index < -0.39 is 46.9 Å². The topological polar surface area (TPSA) is 75.4 Å². The molecule has 5 nitrogen and oxygen atoms in total. The van der Waals surface area contributed by atoms with Crippen LogP contribution >= 0.6 is 9.24 Å². The minimum absolute atomic E-state index is 0.330. The molecule has 0 radical (unpaired) electrons. The van der Waals surface area contributed by atoms with E-state index in [4.69, 9.17) is 5.84 Å². The van der Waals surface area contributed by atoms with Crippen molar-refractivity contribution in [3.63, 3.8) is 0 Å². The average molecular weight is 409 g/mol. The van der Waals surface area contributed by atoms with Crippen molar-refractivity contribution in [1.82, 2.24) is 5.32 Å². The molecule has 4 atom stereocenters. The number of hydrogen-bond acceptors (Lipinski definition) is 3. The molecule has 28 heavy (non-hydrogen) atoms. The van der Waals surface area contributed by atoms with Crippen LogP contribution in [0.2, 0.25) is 0 Å². The molecular formula is C19H19F3N3O2P.